The van der Waals surface area contributed by atoms with Gasteiger partial charge in [-0.25, -0.2) is 8.78 Å². The van der Waals surface area contributed by atoms with Gasteiger partial charge in [-0.05, 0) is 36.8 Å². The number of carbonyl (C=O) groups excluding carboxylic acids is 1. The average molecular weight is 325 g/mol. The Balaban J connectivity index is 1.90. The van der Waals surface area contributed by atoms with E-state index in [2.05, 4.69) is 10.6 Å². The average Bonchev–Trinajstić information content (AvgIpc) is 2.47. The summed E-state index contributed by atoms with van der Waals surface area (Å²) in [7, 11) is 0. The molecule has 3 nitrogen and oxygen atoms in total. The maximum absolute atomic E-state index is 13.4. The molecule has 0 aliphatic heterocycles. The fraction of sp³-hybridized carbons (Fsp3) is 0.188. The van der Waals surface area contributed by atoms with Crippen LogP contribution in [0.2, 0.25) is 5.02 Å². The van der Waals surface area contributed by atoms with Gasteiger partial charge in [0.05, 0.1) is 0 Å². The predicted octanol–water partition coefficient (Wildman–Crippen LogP) is 4.37. The first-order chi connectivity index (χ1) is 10.5. The van der Waals surface area contributed by atoms with E-state index in [0.717, 1.165) is 23.4 Å². The van der Waals surface area contributed by atoms with Gasteiger partial charge in [-0.15, -0.1) is 0 Å². The van der Waals surface area contributed by atoms with Crippen molar-refractivity contribution < 1.29 is 13.6 Å². The number of carbonyl (C=O) groups is 1. The van der Waals surface area contributed by atoms with E-state index in [1.807, 2.05) is 13.0 Å². The Morgan fingerprint density at radius 2 is 1.77 bits per heavy atom. The summed E-state index contributed by atoms with van der Waals surface area (Å²) in [4.78, 5) is 11.7. The van der Waals surface area contributed by atoms with E-state index in [1.54, 1.807) is 12.1 Å². The SMILES string of the molecule is Cc1c(Cl)cccc1NCCC(=O)Nc1c(F)cccc1F. The quantitative estimate of drug-likeness (QED) is 0.857. The molecule has 0 aromatic heterocycles. The summed E-state index contributed by atoms with van der Waals surface area (Å²) >= 11 is 5.99. The molecule has 0 fully saturated rings. The molecule has 0 unspecified atom stereocenters. The third-order valence-electron chi connectivity index (χ3n) is 3.16. The van der Waals surface area contributed by atoms with Crippen molar-refractivity contribution >= 4 is 28.9 Å². The summed E-state index contributed by atoms with van der Waals surface area (Å²) in [6.07, 6.45) is 0.0692. The van der Waals surface area contributed by atoms with E-state index in [4.69, 9.17) is 11.6 Å². The number of anilines is 2. The normalized spacial score (nSPS) is 10.4. The van der Waals surface area contributed by atoms with Crippen LogP contribution >= 0.6 is 11.6 Å². The highest BCUT2D eigenvalue weighted by Gasteiger charge is 2.11. The number of nitrogens with one attached hydrogen (secondary N) is 2. The van der Waals surface area contributed by atoms with Crippen molar-refractivity contribution in [2.24, 2.45) is 0 Å². The Kier molecular flexibility index (Phi) is 5.33. The number of benzene rings is 2. The number of amides is 1. The molecule has 0 bridgehead atoms. The fourth-order valence-electron chi connectivity index (χ4n) is 1.93. The molecule has 0 aliphatic carbocycles. The third kappa shape index (κ3) is 3.95. The molecule has 2 aromatic rings. The van der Waals surface area contributed by atoms with Crippen LogP contribution in [0.15, 0.2) is 36.4 Å². The van der Waals surface area contributed by atoms with Crippen LogP contribution in [0.1, 0.15) is 12.0 Å². The van der Waals surface area contributed by atoms with Crippen molar-refractivity contribution in [1.29, 1.82) is 0 Å². The van der Waals surface area contributed by atoms with Gasteiger partial charge in [0.25, 0.3) is 0 Å². The van der Waals surface area contributed by atoms with Gasteiger partial charge in [0.15, 0.2) is 0 Å². The summed E-state index contributed by atoms with van der Waals surface area (Å²) in [6, 6.07) is 8.83. The van der Waals surface area contributed by atoms with Crippen LogP contribution in [0.5, 0.6) is 0 Å². The molecule has 2 N–H and O–H groups in total. The zero-order valence-corrected chi connectivity index (χ0v) is 12.7. The van der Waals surface area contributed by atoms with Gasteiger partial charge in [-0.1, -0.05) is 23.7 Å². The Bertz CT molecular complexity index is 672. The molecule has 0 saturated carbocycles. The van der Waals surface area contributed by atoms with E-state index in [9.17, 15) is 13.6 Å². The first-order valence-electron chi connectivity index (χ1n) is 6.72. The second kappa shape index (κ2) is 7.22. The molecule has 116 valence electrons. The zero-order valence-electron chi connectivity index (χ0n) is 11.9. The van der Waals surface area contributed by atoms with Crippen LogP contribution in [0.3, 0.4) is 0 Å². The highest BCUT2D eigenvalue weighted by atomic mass is 35.5. The summed E-state index contributed by atoms with van der Waals surface area (Å²) in [5.74, 6) is -2.07. The second-order valence-electron chi connectivity index (χ2n) is 4.73. The van der Waals surface area contributed by atoms with Crippen molar-refractivity contribution in [2.45, 2.75) is 13.3 Å². The van der Waals surface area contributed by atoms with Crippen LogP contribution in [-0.2, 0) is 4.79 Å². The van der Waals surface area contributed by atoms with Gasteiger partial charge in [0.1, 0.15) is 17.3 Å². The van der Waals surface area contributed by atoms with Crippen LogP contribution < -0.4 is 10.6 Å². The maximum atomic E-state index is 13.4. The maximum Gasteiger partial charge on any atom is 0.226 e. The van der Waals surface area contributed by atoms with E-state index in [-0.39, 0.29) is 6.42 Å². The molecule has 1 amide bonds. The molecule has 0 heterocycles. The summed E-state index contributed by atoms with van der Waals surface area (Å²) in [6.45, 7) is 2.18. The molecule has 0 saturated heterocycles. The van der Waals surface area contributed by atoms with Crippen molar-refractivity contribution in [1.82, 2.24) is 0 Å². The van der Waals surface area contributed by atoms with Gasteiger partial charge in [-0.2, -0.15) is 0 Å². The molecule has 0 radical (unpaired) electrons. The Morgan fingerprint density at radius 3 is 2.45 bits per heavy atom. The lowest BCUT2D eigenvalue weighted by molar-refractivity contribution is -0.116. The Hall–Kier alpha value is -2.14. The second-order valence-corrected chi connectivity index (χ2v) is 5.14. The van der Waals surface area contributed by atoms with Crippen LogP contribution in [-0.4, -0.2) is 12.5 Å². The topological polar surface area (TPSA) is 41.1 Å². The Labute approximate surface area is 132 Å². The lowest BCUT2D eigenvalue weighted by atomic mass is 10.2. The van der Waals surface area contributed by atoms with Gasteiger partial charge >= 0.3 is 0 Å². The van der Waals surface area contributed by atoms with Gasteiger partial charge < -0.3 is 10.6 Å². The van der Waals surface area contributed by atoms with Crippen molar-refractivity contribution in [3.8, 4) is 0 Å². The van der Waals surface area contributed by atoms with Crippen molar-refractivity contribution in [2.75, 3.05) is 17.2 Å². The Morgan fingerprint density at radius 1 is 1.14 bits per heavy atom. The lowest BCUT2D eigenvalue weighted by Crippen LogP contribution is -2.18. The summed E-state index contributed by atoms with van der Waals surface area (Å²) in [5.41, 5.74) is 1.27. The molecular weight excluding hydrogens is 310 g/mol. The molecule has 22 heavy (non-hydrogen) atoms. The number of hydrogen-bond acceptors (Lipinski definition) is 2. The molecule has 6 heteroatoms. The molecule has 2 rings (SSSR count). The highest BCUT2D eigenvalue weighted by molar-refractivity contribution is 6.31. The van der Waals surface area contributed by atoms with Gasteiger partial charge in [-0.3, -0.25) is 4.79 Å². The van der Waals surface area contributed by atoms with Crippen LogP contribution in [0.4, 0.5) is 20.2 Å². The third-order valence-corrected chi connectivity index (χ3v) is 3.57. The fourth-order valence-corrected chi connectivity index (χ4v) is 2.10. The molecule has 0 atom stereocenters. The largest absolute Gasteiger partial charge is 0.384 e. The summed E-state index contributed by atoms with van der Waals surface area (Å²) in [5, 5.41) is 5.93. The number of hydrogen-bond donors (Lipinski definition) is 2. The minimum atomic E-state index is -0.799. The predicted molar refractivity (Wildman–Crippen MR) is 84.3 cm³/mol. The number of halogens is 3. The first kappa shape index (κ1) is 16.2. The van der Waals surface area contributed by atoms with Gasteiger partial charge in [0.2, 0.25) is 5.91 Å². The monoisotopic (exact) mass is 324 g/mol. The standard InChI is InChI=1S/C16H15ClF2N2O/c1-10-11(17)4-2-7-14(10)20-9-8-15(22)21-16-12(18)5-3-6-13(16)19/h2-7,20H,8-9H2,1H3,(H,21,22). The lowest BCUT2D eigenvalue weighted by Gasteiger charge is -2.11. The minimum Gasteiger partial charge on any atom is -0.384 e. The van der Waals surface area contributed by atoms with Crippen molar-refractivity contribution in [3.05, 3.63) is 58.6 Å². The first-order valence-corrected chi connectivity index (χ1v) is 7.09. The van der Waals surface area contributed by atoms with E-state index in [0.29, 0.717) is 11.6 Å². The van der Waals surface area contributed by atoms with E-state index >= 15 is 0 Å². The van der Waals surface area contributed by atoms with Crippen LogP contribution in [0.25, 0.3) is 0 Å². The minimum absolute atomic E-state index is 0.0692. The molecule has 0 aliphatic rings. The van der Waals surface area contributed by atoms with Crippen LogP contribution in [0, 0.1) is 18.6 Å². The number of rotatable bonds is 5. The smallest absolute Gasteiger partial charge is 0.226 e. The summed E-state index contributed by atoms with van der Waals surface area (Å²) < 4.78 is 26.8. The highest BCUT2D eigenvalue weighted by Crippen LogP contribution is 2.23. The van der Waals surface area contributed by atoms with E-state index in [1.165, 1.54) is 6.07 Å². The van der Waals surface area contributed by atoms with Gasteiger partial charge in [0, 0.05) is 23.7 Å². The van der Waals surface area contributed by atoms with Crippen molar-refractivity contribution in [3.63, 3.8) is 0 Å². The molecule has 2 aromatic carbocycles. The molecular formula is C16H15ClF2N2O. The van der Waals surface area contributed by atoms with E-state index < -0.39 is 23.2 Å². The zero-order chi connectivity index (χ0) is 16.1. The number of para-hydroxylation sites is 1. The molecule has 0 spiro atoms.